The first-order chi connectivity index (χ1) is 7.40. The summed E-state index contributed by atoms with van der Waals surface area (Å²) in [4.78, 5) is 24.5. The number of nitrogens with zero attached hydrogens (tertiary/aromatic N) is 1. The zero-order chi connectivity index (χ0) is 12.3. The summed E-state index contributed by atoms with van der Waals surface area (Å²) in [5.41, 5.74) is -1.16. The Morgan fingerprint density at radius 1 is 1.50 bits per heavy atom. The largest absolute Gasteiger partial charge is 0.480 e. The summed E-state index contributed by atoms with van der Waals surface area (Å²) in [5.74, 6) is -0.980. The molecule has 1 aliphatic rings. The average Bonchev–Trinajstić information content (AvgIpc) is 2.99. The topological polar surface area (TPSA) is 69.6 Å². The Hall–Kier alpha value is -1.26. The lowest BCUT2D eigenvalue weighted by Crippen LogP contribution is -2.55. The Morgan fingerprint density at radius 2 is 2.06 bits per heavy atom. The van der Waals surface area contributed by atoms with Crippen LogP contribution in [0.2, 0.25) is 0 Å². The van der Waals surface area contributed by atoms with E-state index in [-0.39, 0.29) is 6.03 Å². The molecule has 0 aromatic rings. The van der Waals surface area contributed by atoms with Crippen molar-refractivity contribution in [2.75, 3.05) is 7.05 Å². The number of amides is 2. The van der Waals surface area contributed by atoms with Gasteiger partial charge in [0.2, 0.25) is 0 Å². The lowest BCUT2D eigenvalue weighted by molar-refractivity contribution is -0.144. The number of hydrogen-bond donors (Lipinski definition) is 2. The molecule has 1 rings (SSSR count). The third-order valence-electron chi connectivity index (χ3n) is 3.02. The van der Waals surface area contributed by atoms with Gasteiger partial charge in [-0.15, -0.1) is 0 Å². The van der Waals surface area contributed by atoms with E-state index in [1.807, 2.05) is 6.92 Å². The molecule has 0 aliphatic heterocycles. The van der Waals surface area contributed by atoms with Crippen molar-refractivity contribution in [2.24, 2.45) is 0 Å². The van der Waals surface area contributed by atoms with Gasteiger partial charge in [0.15, 0.2) is 0 Å². The highest BCUT2D eigenvalue weighted by Crippen LogP contribution is 2.25. The quantitative estimate of drug-likeness (QED) is 0.748. The molecule has 1 saturated carbocycles. The Labute approximate surface area is 95.8 Å². The summed E-state index contributed by atoms with van der Waals surface area (Å²) in [6.45, 7) is 3.45. The third-order valence-corrected chi connectivity index (χ3v) is 3.02. The van der Waals surface area contributed by atoms with Crippen molar-refractivity contribution in [1.82, 2.24) is 10.2 Å². The fraction of sp³-hybridized carbons (Fsp3) is 0.818. The van der Waals surface area contributed by atoms with Crippen molar-refractivity contribution in [3.8, 4) is 0 Å². The van der Waals surface area contributed by atoms with Crippen LogP contribution < -0.4 is 5.32 Å². The maximum absolute atomic E-state index is 11.8. The molecule has 1 aliphatic carbocycles. The molecule has 5 heteroatoms. The van der Waals surface area contributed by atoms with Crippen molar-refractivity contribution in [3.05, 3.63) is 0 Å². The van der Waals surface area contributed by atoms with E-state index in [1.165, 1.54) is 0 Å². The second kappa shape index (κ2) is 4.72. The molecule has 16 heavy (non-hydrogen) atoms. The molecule has 1 atom stereocenters. The van der Waals surface area contributed by atoms with E-state index in [9.17, 15) is 9.59 Å². The molecule has 0 saturated heterocycles. The molecule has 92 valence electrons. The smallest absolute Gasteiger partial charge is 0.329 e. The van der Waals surface area contributed by atoms with Crippen LogP contribution in [-0.2, 0) is 4.79 Å². The number of carboxylic acids is 1. The van der Waals surface area contributed by atoms with E-state index < -0.39 is 11.5 Å². The number of hydrogen-bond acceptors (Lipinski definition) is 2. The highest BCUT2D eigenvalue weighted by Gasteiger charge is 2.37. The highest BCUT2D eigenvalue weighted by atomic mass is 16.4. The predicted molar refractivity (Wildman–Crippen MR) is 60.3 cm³/mol. The zero-order valence-corrected chi connectivity index (χ0v) is 10.1. The van der Waals surface area contributed by atoms with E-state index in [0.717, 1.165) is 19.3 Å². The van der Waals surface area contributed by atoms with Gasteiger partial charge in [-0.25, -0.2) is 9.59 Å². The average molecular weight is 228 g/mol. The number of carbonyl (C=O) groups excluding carboxylic acids is 1. The Kier molecular flexibility index (Phi) is 3.78. The van der Waals surface area contributed by atoms with Crippen molar-refractivity contribution < 1.29 is 14.7 Å². The van der Waals surface area contributed by atoms with E-state index in [0.29, 0.717) is 12.5 Å². The Balaban J connectivity index is 2.60. The van der Waals surface area contributed by atoms with Crippen LogP contribution in [0.5, 0.6) is 0 Å². The SMILES string of the molecule is CCCC(C)(NC(=O)N(C)C1CC1)C(=O)O. The van der Waals surface area contributed by atoms with Crippen LogP contribution in [-0.4, -0.2) is 40.6 Å². The number of aliphatic carboxylic acids is 1. The first kappa shape index (κ1) is 12.8. The number of rotatable bonds is 5. The van der Waals surface area contributed by atoms with Gasteiger partial charge in [-0.3, -0.25) is 0 Å². The summed E-state index contributed by atoms with van der Waals surface area (Å²) in [7, 11) is 1.71. The van der Waals surface area contributed by atoms with Crippen molar-refractivity contribution in [2.45, 2.75) is 51.1 Å². The lowest BCUT2D eigenvalue weighted by Gasteiger charge is -2.28. The molecule has 0 radical (unpaired) electrons. The zero-order valence-electron chi connectivity index (χ0n) is 10.1. The molecule has 1 fully saturated rings. The fourth-order valence-electron chi connectivity index (χ4n) is 1.67. The van der Waals surface area contributed by atoms with Gasteiger partial charge >= 0.3 is 12.0 Å². The first-order valence-corrected chi connectivity index (χ1v) is 5.69. The van der Waals surface area contributed by atoms with Gasteiger partial charge < -0.3 is 15.3 Å². The number of urea groups is 1. The second-order valence-electron chi connectivity index (χ2n) is 4.66. The van der Waals surface area contributed by atoms with Gasteiger partial charge in [0.25, 0.3) is 0 Å². The molecule has 5 nitrogen and oxygen atoms in total. The maximum Gasteiger partial charge on any atom is 0.329 e. The fourth-order valence-corrected chi connectivity index (χ4v) is 1.67. The molecular formula is C11H20N2O3. The lowest BCUT2D eigenvalue weighted by atomic mass is 9.96. The summed E-state index contributed by atoms with van der Waals surface area (Å²) in [5, 5.41) is 11.7. The molecular weight excluding hydrogens is 208 g/mol. The van der Waals surface area contributed by atoms with E-state index in [4.69, 9.17) is 5.11 Å². The molecule has 0 heterocycles. The number of carbonyl (C=O) groups is 2. The minimum atomic E-state index is -1.16. The Bertz CT molecular complexity index is 289. The van der Waals surface area contributed by atoms with Crippen molar-refractivity contribution in [3.63, 3.8) is 0 Å². The first-order valence-electron chi connectivity index (χ1n) is 5.69. The normalized spacial score (nSPS) is 18.7. The molecule has 2 amide bonds. The second-order valence-corrected chi connectivity index (χ2v) is 4.66. The highest BCUT2D eigenvalue weighted by molar-refractivity contribution is 5.86. The van der Waals surface area contributed by atoms with Crippen LogP contribution in [0.3, 0.4) is 0 Å². The third kappa shape index (κ3) is 2.87. The van der Waals surface area contributed by atoms with Crippen LogP contribution >= 0.6 is 0 Å². The van der Waals surface area contributed by atoms with E-state index in [1.54, 1.807) is 18.9 Å². The summed E-state index contributed by atoms with van der Waals surface area (Å²) in [6, 6.07) is 0.000483. The number of nitrogens with one attached hydrogen (secondary N) is 1. The molecule has 0 aromatic heterocycles. The van der Waals surface area contributed by atoms with Crippen molar-refractivity contribution in [1.29, 1.82) is 0 Å². The Morgan fingerprint density at radius 3 is 2.44 bits per heavy atom. The minimum absolute atomic E-state index is 0.291. The molecule has 0 aromatic carbocycles. The van der Waals surface area contributed by atoms with Crippen LogP contribution in [0.1, 0.15) is 39.5 Å². The standard InChI is InChI=1S/C11H20N2O3/c1-4-7-11(2,9(14)15)12-10(16)13(3)8-5-6-8/h8H,4-7H2,1-3H3,(H,12,16)(H,14,15). The molecule has 0 bridgehead atoms. The van der Waals surface area contributed by atoms with Gasteiger partial charge in [-0.05, 0) is 26.2 Å². The van der Waals surface area contributed by atoms with E-state index in [2.05, 4.69) is 5.32 Å². The maximum atomic E-state index is 11.8. The summed E-state index contributed by atoms with van der Waals surface area (Å²) >= 11 is 0. The van der Waals surface area contributed by atoms with Crippen LogP contribution in [0.15, 0.2) is 0 Å². The van der Waals surface area contributed by atoms with Gasteiger partial charge in [0.05, 0.1) is 0 Å². The number of carboxylic acid groups (broad SMARTS) is 1. The van der Waals surface area contributed by atoms with Gasteiger partial charge in [0, 0.05) is 13.1 Å². The van der Waals surface area contributed by atoms with Crippen LogP contribution in [0.25, 0.3) is 0 Å². The van der Waals surface area contributed by atoms with Crippen LogP contribution in [0, 0.1) is 0 Å². The molecule has 1 unspecified atom stereocenters. The van der Waals surface area contributed by atoms with Gasteiger partial charge in [0.1, 0.15) is 5.54 Å². The summed E-state index contributed by atoms with van der Waals surface area (Å²) in [6.07, 6.45) is 3.19. The monoisotopic (exact) mass is 228 g/mol. The molecule has 2 N–H and O–H groups in total. The van der Waals surface area contributed by atoms with Gasteiger partial charge in [-0.1, -0.05) is 13.3 Å². The predicted octanol–water partition coefficient (Wildman–Crippen LogP) is 1.43. The van der Waals surface area contributed by atoms with Gasteiger partial charge in [-0.2, -0.15) is 0 Å². The minimum Gasteiger partial charge on any atom is -0.480 e. The van der Waals surface area contributed by atoms with Crippen molar-refractivity contribution >= 4 is 12.0 Å². The van der Waals surface area contributed by atoms with Crippen LogP contribution in [0.4, 0.5) is 4.79 Å². The summed E-state index contributed by atoms with van der Waals surface area (Å²) < 4.78 is 0. The molecule has 0 spiro atoms. The van der Waals surface area contributed by atoms with E-state index >= 15 is 0 Å².